The number of ether oxygens (including phenoxy) is 3. The summed E-state index contributed by atoms with van der Waals surface area (Å²) >= 11 is 0. The Hall–Kier alpha value is -3.22. The van der Waals surface area contributed by atoms with Crippen LogP contribution >= 0.6 is 0 Å². The van der Waals surface area contributed by atoms with Crippen LogP contribution in [-0.4, -0.2) is 49.8 Å². The summed E-state index contributed by atoms with van der Waals surface area (Å²) in [6, 6.07) is 8.28. The average Bonchev–Trinajstić information content (AvgIpc) is 2.70. The second-order valence-corrected chi connectivity index (χ2v) is 6.18. The maximum atomic E-state index is 13.0. The topological polar surface area (TPSA) is 85.3 Å². The van der Waals surface area contributed by atoms with E-state index < -0.39 is 5.97 Å². The lowest BCUT2D eigenvalue weighted by molar-refractivity contribution is 0.0696. The smallest absolute Gasteiger partial charge is 0.335 e. The zero-order valence-corrected chi connectivity index (χ0v) is 15.4. The Balaban J connectivity index is 1.91. The minimum Gasteiger partial charge on any atom is -0.493 e. The average molecular weight is 371 g/mol. The number of hydrogen-bond donors (Lipinski definition) is 1. The number of carboxylic acid groups (broad SMARTS) is 1. The van der Waals surface area contributed by atoms with Gasteiger partial charge in [-0.25, -0.2) is 4.79 Å². The molecular weight excluding hydrogens is 350 g/mol. The number of carbonyl (C=O) groups excluding carboxylic acids is 1. The summed E-state index contributed by atoms with van der Waals surface area (Å²) in [5, 5.41) is 9.18. The molecule has 1 aliphatic rings. The van der Waals surface area contributed by atoms with Gasteiger partial charge in [-0.3, -0.25) is 4.79 Å². The Labute approximate surface area is 157 Å². The van der Waals surface area contributed by atoms with Crippen LogP contribution in [0, 0.1) is 0 Å². The SMILES string of the molecule is COc1cc(C(=O)N2CCc3ccc(C(=O)O)cc3C2)cc(OC)c1OC. The van der Waals surface area contributed by atoms with Crippen molar-refractivity contribution in [2.75, 3.05) is 27.9 Å². The molecule has 2 aromatic rings. The van der Waals surface area contributed by atoms with Gasteiger partial charge in [0.15, 0.2) is 11.5 Å². The number of methoxy groups -OCH3 is 3. The molecule has 3 rings (SSSR count). The molecule has 0 saturated carbocycles. The zero-order chi connectivity index (χ0) is 19.6. The first-order valence-corrected chi connectivity index (χ1v) is 8.42. The molecule has 1 amide bonds. The van der Waals surface area contributed by atoms with Crippen molar-refractivity contribution < 1.29 is 28.9 Å². The fourth-order valence-corrected chi connectivity index (χ4v) is 3.25. The summed E-state index contributed by atoms with van der Waals surface area (Å²) < 4.78 is 15.9. The molecule has 0 saturated heterocycles. The third kappa shape index (κ3) is 3.53. The molecule has 142 valence electrons. The predicted molar refractivity (Wildman–Crippen MR) is 97.9 cm³/mol. The van der Waals surface area contributed by atoms with Crippen LogP contribution in [0.3, 0.4) is 0 Å². The zero-order valence-electron chi connectivity index (χ0n) is 15.4. The Morgan fingerprint density at radius 3 is 2.15 bits per heavy atom. The van der Waals surface area contributed by atoms with E-state index in [0.29, 0.717) is 42.3 Å². The van der Waals surface area contributed by atoms with Crippen molar-refractivity contribution in [2.45, 2.75) is 13.0 Å². The van der Waals surface area contributed by atoms with E-state index in [9.17, 15) is 14.7 Å². The minimum atomic E-state index is -0.981. The lowest BCUT2D eigenvalue weighted by atomic mass is 9.97. The number of benzene rings is 2. The molecule has 2 aromatic carbocycles. The van der Waals surface area contributed by atoms with E-state index in [1.165, 1.54) is 21.3 Å². The molecule has 1 aliphatic heterocycles. The molecule has 1 N–H and O–H groups in total. The van der Waals surface area contributed by atoms with E-state index in [1.807, 2.05) is 6.07 Å². The largest absolute Gasteiger partial charge is 0.493 e. The van der Waals surface area contributed by atoms with Crippen LogP contribution < -0.4 is 14.2 Å². The van der Waals surface area contributed by atoms with Crippen LogP contribution in [0.5, 0.6) is 17.2 Å². The fraction of sp³-hybridized carbons (Fsp3) is 0.300. The monoisotopic (exact) mass is 371 g/mol. The fourth-order valence-electron chi connectivity index (χ4n) is 3.25. The van der Waals surface area contributed by atoms with Crippen LogP contribution in [0.15, 0.2) is 30.3 Å². The lowest BCUT2D eigenvalue weighted by Crippen LogP contribution is -2.36. The van der Waals surface area contributed by atoms with Gasteiger partial charge in [0.1, 0.15) is 0 Å². The first-order valence-electron chi connectivity index (χ1n) is 8.42. The van der Waals surface area contributed by atoms with Gasteiger partial charge in [-0.15, -0.1) is 0 Å². The summed E-state index contributed by atoms with van der Waals surface area (Å²) in [5.41, 5.74) is 2.55. The highest BCUT2D eigenvalue weighted by Gasteiger charge is 2.25. The summed E-state index contributed by atoms with van der Waals surface area (Å²) in [4.78, 5) is 25.9. The van der Waals surface area contributed by atoms with Crippen molar-refractivity contribution in [3.05, 3.63) is 52.6 Å². The van der Waals surface area contributed by atoms with E-state index >= 15 is 0 Å². The van der Waals surface area contributed by atoms with Crippen LogP contribution in [0.1, 0.15) is 31.8 Å². The summed E-state index contributed by atoms with van der Waals surface area (Å²) in [7, 11) is 4.50. The van der Waals surface area contributed by atoms with E-state index in [-0.39, 0.29) is 11.5 Å². The predicted octanol–water partition coefficient (Wildman–Crippen LogP) is 2.61. The number of carbonyl (C=O) groups is 2. The molecule has 0 aliphatic carbocycles. The van der Waals surface area contributed by atoms with Crippen molar-refractivity contribution in [1.29, 1.82) is 0 Å². The molecular formula is C20H21NO6. The first kappa shape index (κ1) is 18.6. The van der Waals surface area contributed by atoms with Crippen LogP contribution in [0.25, 0.3) is 0 Å². The van der Waals surface area contributed by atoms with Crippen molar-refractivity contribution in [1.82, 2.24) is 4.90 Å². The Morgan fingerprint density at radius 1 is 0.926 bits per heavy atom. The van der Waals surface area contributed by atoms with Crippen LogP contribution in [0.2, 0.25) is 0 Å². The van der Waals surface area contributed by atoms with Gasteiger partial charge in [-0.05, 0) is 41.8 Å². The number of fused-ring (bicyclic) bond motifs is 1. The summed E-state index contributed by atoms with van der Waals surface area (Å²) in [5.74, 6) is 0.0784. The molecule has 27 heavy (non-hydrogen) atoms. The Kier molecular flexibility index (Phi) is 5.21. The maximum Gasteiger partial charge on any atom is 0.335 e. The Bertz CT molecular complexity index is 867. The van der Waals surface area contributed by atoms with Crippen molar-refractivity contribution in [3.63, 3.8) is 0 Å². The maximum absolute atomic E-state index is 13.0. The van der Waals surface area contributed by atoms with Crippen molar-refractivity contribution >= 4 is 11.9 Å². The second kappa shape index (κ2) is 7.57. The van der Waals surface area contributed by atoms with E-state index in [1.54, 1.807) is 29.2 Å². The highest BCUT2D eigenvalue weighted by molar-refractivity contribution is 5.96. The number of amides is 1. The molecule has 0 radical (unpaired) electrons. The van der Waals surface area contributed by atoms with E-state index in [0.717, 1.165) is 11.1 Å². The number of nitrogens with zero attached hydrogens (tertiary/aromatic N) is 1. The Morgan fingerprint density at radius 2 is 1.59 bits per heavy atom. The molecule has 0 fully saturated rings. The molecule has 0 unspecified atom stereocenters. The number of hydrogen-bond acceptors (Lipinski definition) is 5. The van der Waals surface area contributed by atoms with Gasteiger partial charge in [0, 0.05) is 18.7 Å². The standard InChI is InChI=1S/C20H21NO6/c1-25-16-9-14(10-17(26-2)18(16)27-3)19(22)21-7-6-12-4-5-13(20(23)24)8-15(12)11-21/h4-5,8-10H,6-7,11H2,1-3H3,(H,23,24). The van der Waals surface area contributed by atoms with Gasteiger partial charge in [0.2, 0.25) is 5.75 Å². The number of rotatable bonds is 5. The molecule has 0 bridgehead atoms. The molecule has 0 spiro atoms. The first-order chi connectivity index (χ1) is 13.0. The van der Waals surface area contributed by atoms with Crippen molar-refractivity contribution in [3.8, 4) is 17.2 Å². The normalized spacial score (nSPS) is 12.9. The molecule has 0 aromatic heterocycles. The van der Waals surface area contributed by atoms with Gasteiger partial charge in [-0.2, -0.15) is 0 Å². The quantitative estimate of drug-likeness (QED) is 0.870. The van der Waals surface area contributed by atoms with Gasteiger partial charge < -0.3 is 24.2 Å². The number of aromatic carboxylic acids is 1. The molecule has 7 nitrogen and oxygen atoms in total. The van der Waals surface area contributed by atoms with Gasteiger partial charge in [0.25, 0.3) is 5.91 Å². The molecule has 7 heteroatoms. The highest BCUT2D eigenvalue weighted by atomic mass is 16.5. The van der Waals surface area contributed by atoms with Crippen LogP contribution in [-0.2, 0) is 13.0 Å². The van der Waals surface area contributed by atoms with Gasteiger partial charge in [0.05, 0.1) is 26.9 Å². The van der Waals surface area contributed by atoms with Crippen LogP contribution in [0.4, 0.5) is 0 Å². The highest BCUT2D eigenvalue weighted by Crippen LogP contribution is 2.38. The summed E-state index contributed by atoms with van der Waals surface area (Å²) in [6.45, 7) is 0.904. The molecule has 1 heterocycles. The van der Waals surface area contributed by atoms with Gasteiger partial charge >= 0.3 is 5.97 Å². The number of carboxylic acids is 1. The van der Waals surface area contributed by atoms with E-state index in [2.05, 4.69) is 0 Å². The third-order valence-corrected chi connectivity index (χ3v) is 4.66. The summed E-state index contributed by atoms with van der Waals surface area (Å²) in [6.07, 6.45) is 0.672. The third-order valence-electron chi connectivity index (χ3n) is 4.66. The minimum absolute atomic E-state index is 0.180. The second-order valence-electron chi connectivity index (χ2n) is 6.18. The lowest BCUT2D eigenvalue weighted by Gasteiger charge is -2.29. The van der Waals surface area contributed by atoms with Crippen molar-refractivity contribution in [2.24, 2.45) is 0 Å². The van der Waals surface area contributed by atoms with E-state index in [4.69, 9.17) is 14.2 Å². The van der Waals surface area contributed by atoms with Gasteiger partial charge in [-0.1, -0.05) is 6.07 Å². The molecule has 0 atom stereocenters.